The minimum absolute atomic E-state index is 0.0225. The van der Waals surface area contributed by atoms with Gasteiger partial charge < -0.3 is 5.73 Å². The predicted octanol–water partition coefficient (Wildman–Crippen LogP) is -0.436. The zero-order valence-electron chi connectivity index (χ0n) is 10.7. The lowest BCUT2D eigenvalue weighted by Gasteiger charge is -2.28. The monoisotopic (exact) mass is 298 g/mol. The first kappa shape index (κ1) is 15.9. The Balaban J connectivity index is 2.73. The second kappa shape index (κ2) is 6.31. The van der Waals surface area contributed by atoms with Crippen LogP contribution < -0.4 is 5.73 Å². The minimum atomic E-state index is -3.38. The molecule has 0 spiro atoms. The van der Waals surface area contributed by atoms with Gasteiger partial charge in [-0.05, 0) is 25.8 Å². The minimum Gasteiger partial charge on any atom is -0.330 e. The molecule has 1 heterocycles. The Labute approximate surface area is 110 Å². The maximum atomic E-state index is 12.3. The van der Waals surface area contributed by atoms with Crippen molar-refractivity contribution >= 4 is 19.9 Å². The molecule has 0 unspecified atom stereocenters. The normalized spacial score (nSPS) is 21.3. The molecule has 0 saturated carbocycles. The maximum Gasteiger partial charge on any atom is 0.217 e. The van der Waals surface area contributed by atoms with Gasteiger partial charge in [-0.15, -0.1) is 0 Å². The molecule has 0 radical (unpaired) electrons. The first-order chi connectivity index (χ1) is 8.33. The molecule has 0 aromatic carbocycles. The Morgan fingerprint density at radius 2 is 1.83 bits per heavy atom. The van der Waals surface area contributed by atoms with Gasteiger partial charge in [0.1, 0.15) is 9.84 Å². The molecule has 0 aromatic heterocycles. The van der Waals surface area contributed by atoms with Crippen LogP contribution in [0.2, 0.25) is 0 Å². The molecule has 2 N–H and O–H groups in total. The van der Waals surface area contributed by atoms with Gasteiger partial charge in [-0.3, -0.25) is 0 Å². The van der Waals surface area contributed by atoms with Gasteiger partial charge >= 0.3 is 0 Å². The number of nitrogens with zero attached hydrogens (tertiary/aromatic N) is 1. The molecule has 1 fully saturated rings. The van der Waals surface area contributed by atoms with E-state index in [0.717, 1.165) is 0 Å². The van der Waals surface area contributed by atoms with E-state index < -0.39 is 25.1 Å². The summed E-state index contributed by atoms with van der Waals surface area (Å²) in [6.07, 6.45) is 1.05. The van der Waals surface area contributed by atoms with E-state index in [2.05, 4.69) is 0 Å². The molecule has 1 aliphatic heterocycles. The lowest BCUT2D eigenvalue weighted by molar-refractivity contribution is 0.410. The van der Waals surface area contributed by atoms with Crippen molar-refractivity contribution in [3.63, 3.8) is 0 Å². The van der Waals surface area contributed by atoms with Crippen molar-refractivity contribution < 1.29 is 16.8 Å². The first-order valence-electron chi connectivity index (χ1n) is 6.23. The molecule has 0 aromatic rings. The van der Waals surface area contributed by atoms with Crippen LogP contribution in [0.1, 0.15) is 26.2 Å². The summed E-state index contributed by atoms with van der Waals surface area (Å²) in [7, 11) is -6.41. The van der Waals surface area contributed by atoms with Crippen molar-refractivity contribution in [3.05, 3.63) is 0 Å². The van der Waals surface area contributed by atoms with Crippen LogP contribution in [0, 0.1) is 0 Å². The van der Waals surface area contributed by atoms with Gasteiger partial charge in [-0.1, -0.05) is 6.92 Å². The van der Waals surface area contributed by atoms with E-state index in [0.29, 0.717) is 26.1 Å². The molecule has 0 atom stereocenters. The first-order valence-corrected chi connectivity index (χ1v) is 9.55. The average molecular weight is 298 g/mol. The highest BCUT2D eigenvalue weighted by Crippen LogP contribution is 2.22. The zero-order chi connectivity index (χ0) is 13.8. The quantitative estimate of drug-likeness (QED) is 0.717. The van der Waals surface area contributed by atoms with E-state index in [4.69, 9.17) is 5.73 Å². The van der Waals surface area contributed by atoms with Crippen LogP contribution in [-0.4, -0.2) is 57.5 Å². The molecule has 0 bridgehead atoms. The van der Waals surface area contributed by atoms with E-state index in [1.165, 1.54) is 4.31 Å². The Hall–Kier alpha value is -0.180. The molecule has 8 heteroatoms. The summed E-state index contributed by atoms with van der Waals surface area (Å²) in [5.74, 6) is -0.0450. The van der Waals surface area contributed by atoms with Gasteiger partial charge in [0.25, 0.3) is 0 Å². The summed E-state index contributed by atoms with van der Waals surface area (Å²) in [5, 5.41) is -0.557. The molecule has 0 amide bonds. The molecule has 1 aliphatic rings. The van der Waals surface area contributed by atoms with Crippen molar-refractivity contribution in [2.45, 2.75) is 31.4 Å². The molecule has 1 rings (SSSR count). The van der Waals surface area contributed by atoms with Crippen molar-refractivity contribution in [1.29, 1.82) is 0 Å². The van der Waals surface area contributed by atoms with Crippen LogP contribution >= 0.6 is 0 Å². The summed E-state index contributed by atoms with van der Waals surface area (Å²) in [5.41, 5.74) is 5.39. The summed E-state index contributed by atoms with van der Waals surface area (Å²) in [6.45, 7) is 3.06. The van der Waals surface area contributed by atoms with E-state index in [-0.39, 0.29) is 24.3 Å². The van der Waals surface area contributed by atoms with Crippen LogP contribution in [0.4, 0.5) is 0 Å². The summed E-state index contributed by atoms with van der Waals surface area (Å²) < 4.78 is 48.7. The third kappa shape index (κ3) is 3.91. The lowest BCUT2D eigenvalue weighted by Crippen LogP contribution is -2.43. The maximum absolute atomic E-state index is 12.3. The van der Waals surface area contributed by atoms with Crippen molar-refractivity contribution in [2.24, 2.45) is 5.73 Å². The molecular formula is C10H22N2O4S2. The number of rotatable bonds is 6. The third-order valence-corrected chi connectivity index (χ3v) is 7.44. The van der Waals surface area contributed by atoms with E-state index >= 15 is 0 Å². The summed E-state index contributed by atoms with van der Waals surface area (Å²) in [4.78, 5) is 0. The van der Waals surface area contributed by atoms with Gasteiger partial charge in [0, 0.05) is 13.1 Å². The number of hydrogen-bond acceptors (Lipinski definition) is 5. The number of nitrogens with two attached hydrogens (primary N) is 1. The average Bonchev–Trinajstić information content (AvgIpc) is 2.29. The second-order valence-corrected chi connectivity index (χ2v) is 9.05. The van der Waals surface area contributed by atoms with Crippen LogP contribution in [0.15, 0.2) is 0 Å². The number of sulfonamides is 1. The number of sulfone groups is 1. The van der Waals surface area contributed by atoms with Crippen molar-refractivity contribution in [1.82, 2.24) is 4.31 Å². The number of hydrogen-bond donors (Lipinski definition) is 1. The highest BCUT2D eigenvalue weighted by molar-refractivity contribution is 7.92. The fourth-order valence-corrected chi connectivity index (χ4v) is 5.90. The molecule has 0 aliphatic carbocycles. The van der Waals surface area contributed by atoms with E-state index in [1.54, 1.807) is 6.92 Å². The van der Waals surface area contributed by atoms with Crippen LogP contribution in [0.25, 0.3) is 0 Å². The van der Waals surface area contributed by atoms with Gasteiger partial charge in [-0.25, -0.2) is 21.1 Å². The van der Waals surface area contributed by atoms with Crippen LogP contribution in [-0.2, 0) is 19.9 Å². The highest BCUT2D eigenvalue weighted by atomic mass is 32.2. The Kier molecular flexibility index (Phi) is 5.57. The highest BCUT2D eigenvalue weighted by Gasteiger charge is 2.35. The van der Waals surface area contributed by atoms with Gasteiger partial charge in [0.2, 0.25) is 10.0 Å². The Morgan fingerprint density at radius 1 is 1.28 bits per heavy atom. The smallest absolute Gasteiger partial charge is 0.217 e. The predicted molar refractivity (Wildman–Crippen MR) is 71.5 cm³/mol. The fraction of sp³-hybridized carbons (Fsp3) is 1.00. The van der Waals surface area contributed by atoms with Crippen molar-refractivity contribution in [3.8, 4) is 0 Å². The lowest BCUT2D eigenvalue weighted by atomic mass is 10.2. The van der Waals surface area contributed by atoms with E-state index in [9.17, 15) is 16.8 Å². The Morgan fingerprint density at radius 3 is 2.28 bits per heavy atom. The summed E-state index contributed by atoms with van der Waals surface area (Å²) in [6, 6.07) is 0. The van der Waals surface area contributed by atoms with E-state index in [1.807, 2.05) is 0 Å². The standard InChI is InChI=1S/C10H22N2O4S2/c1-2-12(7-3-6-11)18(15,16)10-4-8-17(13,14)9-5-10/h10H,2-9,11H2,1H3. The molecular weight excluding hydrogens is 276 g/mol. The summed E-state index contributed by atoms with van der Waals surface area (Å²) >= 11 is 0. The SMILES string of the molecule is CCN(CCCN)S(=O)(=O)C1CCS(=O)(=O)CC1. The molecule has 18 heavy (non-hydrogen) atoms. The topological polar surface area (TPSA) is 97.5 Å². The third-order valence-electron chi connectivity index (χ3n) is 3.25. The Bertz CT molecular complexity index is 444. The van der Waals surface area contributed by atoms with Gasteiger partial charge in [0.05, 0.1) is 16.8 Å². The van der Waals surface area contributed by atoms with Crippen molar-refractivity contribution in [2.75, 3.05) is 31.1 Å². The molecule has 108 valence electrons. The van der Waals surface area contributed by atoms with Gasteiger partial charge in [-0.2, -0.15) is 0 Å². The fourth-order valence-electron chi connectivity index (χ4n) is 2.11. The van der Waals surface area contributed by atoms with Crippen LogP contribution in [0.3, 0.4) is 0 Å². The second-order valence-electron chi connectivity index (χ2n) is 4.53. The van der Waals surface area contributed by atoms with Gasteiger partial charge in [0.15, 0.2) is 0 Å². The van der Waals surface area contributed by atoms with Crippen LogP contribution in [0.5, 0.6) is 0 Å². The largest absolute Gasteiger partial charge is 0.330 e. The molecule has 1 saturated heterocycles. The molecule has 6 nitrogen and oxygen atoms in total. The zero-order valence-corrected chi connectivity index (χ0v) is 12.3.